The van der Waals surface area contributed by atoms with Crippen LogP contribution in [0.15, 0.2) is 42.5 Å². The lowest BCUT2D eigenvalue weighted by atomic mass is 10.1. The van der Waals surface area contributed by atoms with Crippen molar-refractivity contribution in [3.05, 3.63) is 59.4 Å². The Bertz CT molecular complexity index is 804. The summed E-state index contributed by atoms with van der Waals surface area (Å²) in [6.45, 7) is 6.38. The first-order valence-corrected chi connectivity index (χ1v) is 9.74. The fourth-order valence-electron chi connectivity index (χ4n) is 3.56. The zero-order chi connectivity index (χ0) is 19.9. The van der Waals surface area contributed by atoms with Gasteiger partial charge in [-0.05, 0) is 36.2 Å². The molecular weight excluding hydrogens is 357 g/mol. The molecule has 1 amide bonds. The first kappa shape index (κ1) is 20.3. The van der Waals surface area contributed by atoms with E-state index in [2.05, 4.69) is 22.0 Å². The molecular formula is C22H28FN3O2. The Kier molecular flexibility index (Phi) is 7.01. The van der Waals surface area contributed by atoms with Gasteiger partial charge in [0.25, 0.3) is 0 Å². The van der Waals surface area contributed by atoms with Crippen molar-refractivity contribution >= 4 is 11.6 Å². The van der Waals surface area contributed by atoms with E-state index < -0.39 is 0 Å². The Labute approximate surface area is 166 Å². The molecule has 5 nitrogen and oxygen atoms in total. The number of hydrogen-bond donors (Lipinski definition) is 1. The molecule has 28 heavy (non-hydrogen) atoms. The number of anilines is 1. The number of carbonyl (C=O) groups excluding carboxylic acids is 1. The summed E-state index contributed by atoms with van der Waals surface area (Å²) in [5, 5.41) is 3.03. The van der Waals surface area contributed by atoms with Gasteiger partial charge < -0.3 is 10.1 Å². The highest BCUT2D eigenvalue weighted by Gasteiger charge is 2.20. The molecule has 0 unspecified atom stereocenters. The van der Waals surface area contributed by atoms with Crippen molar-refractivity contribution < 1.29 is 13.9 Å². The number of amides is 1. The highest BCUT2D eigenvalue weighted by molar-refractivity contribution is 5.93. The molecule has 1 heterocycles. The second kappa shape index (κ2) is 9.66. The van der Waals surface area contributed by atoms with E-state index in [-0.39, 0.29) is 11.7 Å². The highest BCUT2D eigenvalue weighted by Crippen LogP contribution is 2.22. The molecule has 2 aromatic rings. The number of ether oxygens (including phenoxy) is 1. The second-order valence-electron chi connectivity index (χ2n) is 7.07. The van der Waals surface area contributed by atoms with E-state index in [0.717, 1.165) is 49.4 Å². The molecule has 1 aliphatic rings. The number of halogens is 1. The molecule has 0 aromatic heterocycles. The summed E-state index contributed by atoms with van der Waals surface area (Å²) in [4.78, 5) is 16.8. The number of aryl methyl sites for hydroxylation is 1. The number of nitrogens with zero attached hydrogens (tertiary/aromatic N) is 2. The third kappa shape index (κ3) is 5.30. The number of carbonyl (C=O) groups is 1. The van der Waals surface area contributed by atoms with Crippen LogP contribution in [0.25, 0.3) is 0 Å². The van der Waals surface area contributed by atoms with Crippen LogP contribution in [0, 0.1) is 5.82 Å². The van der Waals surface area contributed by atoms with Crippen LogP contribution in [0.2, 0.25) is 0 Å². The summed E-state index contributed by atoms with van der Waals surface area (Å²) in [6, 6.07) is 12.5. The Morgan fingerprint density at radius 3 is 2.50 bits per heavy atom. The lowest BCUT2D eigenvalue weighted by molar-refractivity contribution is -0.117. The average Bonchev–Trinajstić information content (AvgIpc) is 2.70. The van der Waals surface area contributed by atoms with Gasteiger partial charge in [0.15, 0.2) is 0 Å². The van der Waals surface area contributed by atoms with Crippen molar-refractivity contribution in [3.63, 3.8) is 0 Å². The molecule has 0 radical (unpaired) electrons. The Balaban J connectivity index is 1.49. The zero-order valence-electron chi connectivity index (χ0n) is 16.6. The third-order valence-electron chi connectivity index (χ3n) is 5.14. The van der Waals surface area contributed by atoms with E-state index in [4.69, 9.17) is 4.74 Å². The van der Waals surface area contributed by atoms with E-state index in [1.807, 2.05) is 24.3 Å². The predicted octanol–water partition coefficient (Wildman–Crippen LogP) is 3.15. The van der Waals surface area contributed by atoms with Crippen molar-refractivity contribution in [2.24, 2.45) is 0 Å². The fraction of sp³-hybridized carbons (Fsp3) is 0.409. The van der Waals surface area contributed by atoms with Gasteiger partial charge in [-0.1, -0.05) is 25.1 Å². The number of benzene rings is 2. The molecule has 0 atom stereocenters. The molecule has 0 bridgehead atoms. The van der Waals surface area contributed by atoms with E-state index in [0.29, 0.717) is 18.8 Å². The summed E-state index contributed by atoms with van der Waals surface area (Å²) < 4.78 is 18.9. The first-order valence-electron chi connectivity index (χ1n) is 9.74. The molecule has 6 heteroatoms. The highest BCUT2D eigenvalue weighted by atomic mass is 19.1. The van der Waals surface area contributed by atoms with Gasteiger partial charge in [-0.3, -0.25) is 14.6 Å². The minimum absolute atomic E-state index is 0.0150. The van der Waals surface area contributed by atoms with Crippen molar-refractivity contribution in [2.75, 3.05) is 45.2 Å². The SMILES string of the molecule is CCc1ccccc1NC(=O)CN1CCN(Cc2cc(F)ccc2OC)CC1. The van der Waals surface area contributed by atoms with Crippen LogP contribution in [0.3, 0.4) is 0 Å². The van der Waals surface area contributed by atoms with Crippen LogP contribution in [0.5, 0.6) is 5.75 Å². The Hall–Kier alpha value is -2.44. The summed E-state index contributed by atoms with van der Waals surface area (Å²) >= 11 is 0. The molecule has 1 saturated heterocycles. The fourth-order valence-corrected chi connectivity index (χ4v) is 3.56. The zero-order valence-corrected chi connectivity index (χ0v) is 16.6. The molecule has 0 spiro atoms. The number of nitrogens with one attached hydrogen (secondary N) is 1. The monoisotopic (exact) mass is 385 g/mol. The maximum atomic E-state index is 13.5. The largest absolute Gasteiger partial charge is 0.496 e. The minimum atomic E-state index is -0.251. The molecule has 3 rings (SSSR count). The number of hydrogen-bond acceptors (Lipinski definition) is 4. The summed E-state index contributed by atoms with van der Waals surface area (Å²) in [6.07, 6.45) is 0.888. The standard InChI is InChI=1S/C22H28FN3O2/c1-3-17-6-4-5-7-20(17)24-22(27)16-26-12-10-25(11-13-26)15-18-14-19(23)8-9-21(18)28-2/h4-9,14H,3,10-13,15-16H2,1-2H3,(H,24,27). The van der Waals surface area contributed by atoms with Crippen LogP contribution < -0.4 is 10.1 Å². The van der Waals surface area contributed by atoms with Crippen LogP contribution in [-0.4, -0.2) is 55.5 Å². The lowest BCUT2D eigenvalue weighted by Gasteiger charge is -2.34. The predicted molar refractivity (Wildman–Crippen MR) is 109 cm³/mol. The van der Waals surface area contributed by atoms with Crippen LogP contribution in [-0.2, 0) is 17.8 Å². The summed E-state index contributed by atoms with van der Waals surface area (Å²) in [7, 11) is 1.60. The van der Waals surface area contributed by atoms with E-state index in [1.54, 1.807) is 13.2 Å². The quantitative estimate of drug-likeness (QED) is 0.795. The Morgan fingerprint density at radius 1 is 1.07 bits per heavy atom. The van der Waals surface area contributed by atoms with Crippen molar-refractivity contribution in [1.82, 2.24) is 9.80 Å². The molecule has 1 aliphatic heterocycles. The molecule has 0 saturated carbocycles. The van der Waals surface area contributed by atoms with Gasteiger partial charge in [-0.2, -0.15) is 0 Å². The maximum Gasteiger partial charge on any atom is 0.238 e. The van der Waals surface area contributed by atoms with Crippen LogP contribution >= 0.6 is 0 Å². The molecule has 2 aromatic carbocycles. The smallest absolute Gasteiger partial charge is 0.238 e. The first-order chi connectivity index (χ1) is 13.6. The number of para-hydroxylation sites is 1. The van der Waals surface area contributed by atoms with Gasteiger partial charge in [0.2, 0.25) is 5.91 Å². The average molecular weight is 385 g/mol. The summed E-state index contributed by atoms with van der Waals surface area (Å²) in [5.74, 6) is 0.470. The summed E-state index contributed by atoms with van der Waals surface area (Å²) in [5.41, 5.74) is 2.89. The molecule has 0 aliphatic carbocycles. The van der Waals surface area contributed by atoms with Crippen LogP contribution in [0.4, 0.5) is 10.1 Å². The van der Waals surface area contributed by atoms with E-state index >= 15 is 0 Å². The molecule has 1 N–H and O–H groups in total. The molecule has 1 fully saturated rings. The topological polar surface area (TPSA) is 44.8 Å². The van der Waals surface area contributed by atoms with Gasteiger partial charge >= 0.3 is 0 Å². The number of methoxy groups -OCH3 is 1. The Morgan fingerprint density at radius 2 is 1.79 bits per heavy atom. The van der Waals surface area contributed by atoms with Crippen molar-refractivity contribution in [1.29, 1.82) is 0 Å². The molecule has 150 valence electrons. The van der Waals surface area contributed by atoms with Gasteiger partial charge in [-0.25, -0.2) is 4.39 Å². The van der Waals surface area contributed by atoms with E-state index in [9.17, 15) is 9.18 Å². The van der Waals surface area contributed by atoms with Crippen molar-refractivity contribution in [3.8, 4) is 5.75 Å². The van der Waals surface area contributed by atoms with Gasteiger partial charge in [0.05, 0.1) is 13.7 Å². The van der Waals surface area contributed by atoms with Gasteiger partial charge in [0, 0.05) is 44.0 Å². The van der Waals surface area contributed by atoms with Gasteiger partial charge in [-0.15, -0.1) is 0 Å². The third-order valence-corrected chi connectivity index (χ3v) is 5.14. The van der Waals surface area contributed by atoms with E-state index in [1.165, 1.54) is 12.1 Å². The van der Waals surface area contributed by atoms with Crippen LogP contribution in [0.1, 0.15) is 18.1 Å². The lowest BCUT2D eigenvalue weighted by Crippen LogP contribution is -2.48. The van der Waals surface area contributed by atoms with Crippen molar-refractivity contribution in [2.45, 2.75) is 19.9 Å². The number of rotatable bonds is 7. The van der Waals surface area contributed by atoms with Gasteiger partial charge in [0.1, 0.15) is 11.6 Å². The second-order valence-corrected chi connectivity index (χ2v) is 7.07. The minimum Gasteiger partial charge on any atom is -0.496 e. The maximum absolute atomic E-state index is 13.5. The number of piperazine rings is 1. The normalized spacial score (nSPS) is 15.4.